The Labute approximate surface area is 84.0 Å². The van der Waals surface area contributed by atoms with Crippen LogP contribution in [0.15, 0.2) is 18.2 Å². The number of methoxy groups -OCH3 is 1. The van der Waals surface area contributed by atoms with Gasteiger partial charge in [0, 0.05) is 7.11 Å². The van der Waals surface area contributed by atoms with Crippen LogP contribution < -0.4 is 10.1 Å². The molecule has 3 heteroatoms. The average molecular weight is 193 g/mol. The normalized spacial score (nSPS) is 19.4. The number of ether oxygens (including phenoxy) is 2. The van der Waals surface area contributed by atoms with Crippen LogP contribution in [0.5, 0.6) is 5.75 Å². The van der Waals surface area contributed by atoms with E-state index in [-0.39, 0.29) is 6.10 Å². The second-order valence-corrected chi connectivity index (χ2v) is 3.53. The fraction of sp³-hybridized carbons (Fsp3) is 0.455. The highest BCUT2D eigenvalue weighted by atomic mass is 16.5. The summed E-state index contributed by atoms with van der Waals surface area (Å²) in [5.41, 5.74) is 2.24. The lowest BCUT2D eigenvalue weighted by atomic mass is 10.1. The molecular weight excluding hydrogens is 178 g/mol. The summed E-state index contributed by atoms with van der Waals surface area (Å²) in [4.78, 5) is 0. The van der Waals surface area contributed by atoms with Gasteiger partial charge in [-0.15, -0.1) is 0 Å². The van der Waals surface area contributed by atoms with Gasteiger partial charge in [0.05, 0.1) is 18.8 Å². The monoisotopic (exact) mass is 193 g/mol. The zero-order valence-corrected chi connectivity index (χ0v) is 8.54. The second-order valence-electron chi connectivity index (χ2n) is 3.53. The maximum absolute atomic E-state index is 5.82. The van der Waals surface area contributed by atoms with Crippen LogP contribution in [-0.4, -0.2) is 26.4 Å². The van der Waals surface area contributed by atoms with Crippen LogP contribution in [0.4, 0.5) is 5.69 Å². The summed E-state index contributed by atoms with van der Waals surface area (Å²) in [5.74, 6) is 0.959. The summed E-state index contributed by atoms with van der Waals surface area (Å²) in [6.45, 7) is 3.49. The molecule has 14 heavy (non-hydrogen) atoms. The number of rotatable bonds is 2. The van der Waals surface area contributed by atoms with Crippen molar-refractivity contribution in [3.05, 3.63) is 23.8 Å². The lowest BCUT2D eigenvalue weighted by Gasteiger charge is -2.28. The van der Waals surface area contributed by atoms with Gasteiger partial charge < -0.3 is 14.8 Å². The van der Waals surface area contributed by atoms with E-state index in [2.05, 4.69) is 18.3 Å². The molecule has 0 aromatic heterocycles. The van der Waals surface area contributed by atoms with Crippen molar-refractivity contribution in [2.24, 2.45) is 0 Å². The molecule has 0 radical (unpaired) electrons. The zero-order valence-electron chi connectivity index (χ0n) is 8.54. The third-order valence-corrected chi connectivity index (χ3v) is 2.37. The first kappa shape index (κ1) is 9.34. The molecule has 76 valence electrons. The maximum atomic E-state index is 5.82. The van der Waals surface area contributed by atoms with E-state index in [9.17, 15) is 0 Å². The number of nitrogens with one attached hydrogen (secondary N) is 1. The highest BCUT2D eigenvalue weighted by Crippen LogP contribution is 2.32. The van der Waals surface area contributed by atoms with E-state index in [1.807, 2.05) is 12.1 Å². The lowest BCUT2D eigenvalue weighted by molar-refractivity contribution is 0.0843. The predicted molar refractivity (Wildman–Crippen MR) is 56.0 cm³/mol. The van der Waals surface area contributed by atoms with Gasteiger partial charge in [0.2, 0.25) is 0 Å². The Bertz CT molecular complexity index is 325. The number of benzene rings is 1. The molecule has 0 saturated carbocycles. The number of hydrogen-bond acceptors (Lipinski definition) is 3. The molecule has 1 aromatic carbocycles. The molecule has 1 aromatic rings. The van der Waals surface area contributed by atoms with Gasteiger partial charge in [0.1, 0.15) is 11.9 Å². The molecule has 0 spiro atoms. The third-order valence-electron chi connectivity index (χ3n) is 2.37. The van der Waals surface area contributed by atoms with Crippen molar-refractivity contribution in [3.8, 4) is 5.75 Å². The first-order chi connectivity index (χ1) is 6.81. The van der Waals surface area contributed by atoms with Gasteiger partial charge >= 0.3 is 0 Å². The molecular formula is C11H15NO2. The fourth-order valence-corrected chi connectivity index (χ4v) is 1.66. The Kier molecular flexibility index (Phi) is 2.59. The van der Waals surface area contributed by atoms with Gasteiger partial charge in [0.15, 0.2) is 0 Å². The molecule has 0 bridgehead atoms. The van der Waals surface area contributed by atoms with Crippen LogP contribution in [-0.2, 0) is 4.74 Å². The summed E-state index contributed by atoms with van der Waals surface area (Å²) in [6, 6.07) is 6.11. The third kappa shape index (κ3) is 1.68. The largest absolute Gasteiger partial charge is 0.484 e. The molecule has 2 rings (SSSR count). The molecule has 1 atom stereocenters. The van der Waals surface area contributed by atoms with Gasteiger partial charge in [-0.2, -0.15) is 0 Å². The predicted octanol–water partition coefficient (Wildman–Crippen LogP) is 1.81. The first-order valence-electron chi connectivity index (χ1n) is 4.80. The molecule has 0 fully saturated rings. The van der Waals surface area contributed by atoms with Crippen molar-refractivity contribution >= 4 is 5.69 Å². The zero-order chi connectivity index (χ0) is 9.97. The summed E-state index contributed by atoms with van der Waals surface area (Å²) in [6.07, 6.45) is 0.119. The summed E-state index contributed by atoms with van der Waals surface area (Å²) < 4.78 is 10.9. The topological polar surface area (TPSA) is 30.5 Å². The van der Waals surface area contributed by atoms with Crippen molar-refractivity contribution in [3.63, 3.8) is 0 Å². The average Bonchev–Trinajstić information content (AvgIpc) is 2.20. The number of fused-ring (bicyclic) bond motifs is 1. The van der Waals surface area contributed by atoms with Gasteiger partial charge in [-0.1, -0.05) is 12.1 Å². The van der Waals surface area contributed by atoms with Crippen LogP contribution >= 0.6 is 0 Å². The summed E-state index contributed by atoms with van der Waals surface area (Å²) >= 11 is 0. The molecule has 0 saturated heterocycles. The van der Waals surface area contributed by atoms with Crippen LogP contribution in [0.25, 0.3) is 0 Å². The Morgan fingerprint density at radius 3 is 3.21 bits per heavy atom. The summed E-state index contributed by atoms with van der Waals surface area (Å²) in [7, 11) is 1.69. The molecule has 1 N–H and O–H groups in total. The Balaban J connectivity index is 2.20. The van der Waals surface area contributed by atoms with Crippen LogP contribution in [0.3, 0.4) is 0 Å². The van der Waals surface area contributed by atoms with Gasteiger partial charge in [-0.3, -0.25) is 0 Å². The smallest absolute Gasteiger partial charge is 0.145 e. The van der Waals surface area contributed by atoms with Crippen LogP contribution in [0.2, 0.25) is 0 Å². The number of hydrogen-bond donors (Lipinski definition) is 1. The van der Waals surface area contributed by atoms with E-state index in [0.717, 1.165) is 23.5 Å². The quantitative estimate of drug-likeness (QED) is 0.777. The molecule has 1 aliphatic rings. The number of anilines is 1. The minimum atomic E-state index is 0.119. The SMILES string of the molecule is COCC1CNc2cccc(C)c2O1. The first-order valence-corrected chi connectivity index (χ1v) is 4.80. The van der Waals surface area contributed by atoms with Gasteiger partial charge in [-0.05, 0) is 18.6 Å². The van der Waals surface area contributed by atoms with E-state index in [4.69, 9.17) is 9.47 Å². The highest BCUT2D eigenvalue weighted by Gasteiger charge is 2.19. The molecule has 1 unspecified atom stereocenters. The summed E-state index contributed by atoms with van der Waals surface area (Å²) in [5, 5.41) is 3.33. The second kappa shape index (κ2) is 3.88. The highest BCUT2D eigenvalue weighted by molar-refractivity contribution is 5.61. The van der Waals surface area contributed by atoms with Gasteiger partial charge in [0.25, 0.3) is 0 Å². The standard InChI is InChI=1S/C11H15NO2/c1-8-4-3-5-10-11(8)14-9(6-12-10)7-13-2/h3-5,9,12H,6-7H2,1-2H3. The van der Waals surface area contributed by atoms with Crippen molar-refractivity contribution in [1.82, 2.24) is 0 Å². The number of aryl methyl sites for hydroxylation is 1. The van der Waals surface area contributed by atoms with E-state index < -0.39 is 0 Å². The Morgan fingerprint density at radius 1 is 1.57 bits per heavy atom. The van der Waals surface area contributed by atoms with E-state index >= 15 is 0 Å². The molecule has 1 aliphatic heterocycles. The van der Waals surface area contributed by atoms with Crippen molar-refractivity contribution in [2.75, 3.05) is 25.6 Å². The maximum Gasteiger partial charge on any atom is 0.145 e. The molecule has 0 aliphatic carbocycles. The minimum Gasteiger partial charge on any atom is -0.484 e. The minimum absolute atomic E-state index is 0.119. The Hall–Kier alpha value is -1.22. The van der Waals surface area contributed by atoms with E-state index in [1.54, 1.807) is 7.11 Å². The van der Waals surface area contributed by atoms with Crippen molar-refractivity contribution < 1.29 is 9.47 Å². The molecule has 3 nitrogen and oxygen atoms in total. The van der Waals surface area contributed by atoms with E-state index in [0.29, 0.717) is 6.61 Å². The van der Waals surface area contributed by atoms with E-state index in [1.165, 1.54) is 0 Å². The molecule has 0 amide bonds. The fourth-order valence-electron chi connectivity index (χ4n) is 1.66. The number of para-hydroxylation sites is 1. The Morgan fingerprint density at radius 2 is 2.43 bits per heavy atom. The van der Waals surface area contributed by atoms with Crippen molar-refractivity contribution in [2.45, 2.75) is 13.0 Å². The van der Waals surface area contributed by atoms with Crippen LogP contribution in [0, 0.1) is 6.92 Å². The van der Waals surface area contributed by atoms with Crippen LogP contribution in [0.1, 0.15) is 5.56 Å². The lowest BCUT2D eigenvalue weighted by Crippen LogP contribution is -2.34. The van der Waals surface area contributed by atoms with Gasteiger partial charge in [-0.25, -0.2) is 0 Å². The molecule has 1 heterocycles. The van der Waals surface area contributed by atoms with Crippen molar-refractivity contribution in [1.29, 1.82) is 0 Å².